The van der Waals surface area contributed by atoms with E-state index in [2.05, 4.69) is 71.8 Å². The van der Waals surface area contributed by atoms with Crippen LogP contribution in [0.2, 0.25) is 0 Å². The summed E-state index contributed by atoms with van der Waals surface area (Å²) in [5, 5.41) is 12.0. The Balaban J connectivity index is 1.78. The van der Waals surface area contributed by atoms with Crippen molar-refractivity contribution >= 4 is 34.2 Å². The molecule has 6 heteroatoms. The average molecular weight is 358 g/mol. The van der Waals surface area contributed by atoms with Crippen molar-refractivity contribution in [1.82, 2.24) is 19.7 Å². The number of benzene rings is 2. The van der Waals surface area contributed by atoms with Crippen molar-refractivity contribution in [2.45, 2.75) is 20.8 Å². The molecule has 4 rings (SSSR count). The van der Waals surface area contributed by atoms with E-state index in [0.717, 1.165) is 33.8 Å². The summed E-state index contributed by atoms with van der Waals surface area (Å²) in [6, 6.07) is 14.5. The van der Waals surface area contributed by atoms with Gasteiger partial charge in [0.15, 0.2) is 5.65 Å². The Morgan fingerprint density at radius 3 is 2.52 bits per heavy atom. The van der Waals surface area contributed by atoms with Gasteiger partial charge in [-0.2, -0.15) is 15.1 Å². The van der Waals surface area contributed by atoms with Gasteiger partial charge in [0.2, 0.25) is 5.95 Å². The molecule has 0 saturated carbocycles. The van der Waals surface area contributed by atoms with Crippen LogP contribution in [-0.4, -0.2) is 19.7 Å². The summed E-state index contributed by atoms with van der Waals surface area (Å²) in [4.78, 5) is 9.36. The van der Waals surface area contributed by atoms with E-state index in [1.165, 1.54) is 11.1 Å². The van der Waals surface area contributed by atoms with Gasteiger partial charge in [0.25, 0.3) is 0 Å². The number of hydrogen-bond acceptors (Lipinski definition) is 5. The molecular formula is C21H22N6. The van der Waals surface area contributed by atoms with Crippen molar-refractivity contribution in [3.63, 3.8) is 0 Å². The second-order valence-electron chi connectivity index (χ2n) is 6.84. The number of hydrogen-bond donors (Lipinski definition) is 2. The van der Waals surface area contributed by atoms with Crippen LogP contribution in [-0.2, 0) is 7.05 Å². The molecule has 0 aliphatic heterocycles. The fourth-order valence-corrected chi connectivity index (χ4v) is 3.02. The van der Waals surface area contributed by atoms with E-state index < -0.39 is 0 Å². The van der Waals surface area contributed by atoms with E-state index in [1.54, 1.807) is 10.9 Å². The number of aromatic nitrogens is 4. The van der Waals surface area contributed by atoms with Gasteiger partial charge in [-0.1, -0.05) is 24.3 Å². The van der Waals surface area contributed by atoms with Gasteiger partial charge in [0.05, 0.1) is 11.6 Å². The molecule has 0 aliphatic rings. The van der Waals surface area contributed by atoms with E-state index >= 15 is 0 Å². The van der Waals surface area contributed by atoms with Crippen LogP contribution in [0.5, 0.6) is 0 Å². The molecule has 0 saturated heterocycles. The summed E-state index contributed by atoms with van der Waals surface area (Å²) in [6.07, 6.45) is 1.79. The lowest BCUT2D eigenvalue weighted by Crippen LogP contribution is -2.04. The van der Waals surface area contributed by atoms with E-state index in [1.807, 2.05) is 19.2 Å². The molecule has 0 aliphatic carbocycles. The quantitative estimate of drug-likeness (QED) is 0.550. The lowest BCUT2D eigenvalue weighted by molar-refractivity contribution is 0.786. The largest absolute Gasteiger partial charge is 0.339 e. The van der Waals surface area contributed by atoms with Crippen LogP contribution in [0.25, 0.3) is 11.0 Å². The van der Waals surface area contributed by atoms with Crippen LogP contribution in [0, 0.1) is 20.8 Å². The molecule has 0 unspecified atom stereocenters. The maximum absolute atomic E-state index is 4.72. The minimum Gasteiger partial charge on any atom is -0.339 e. The van der Waals surface area contributed by atoms with Crippen LogP contribution in [0.4, 0.5) is 23.1 Å². The van der Waals surface area contributed by atoms with Crippen LogP contribution in [0.15, 0.2) is 48.7 Å². The zero-order valence-corrected chi connectivity index (χ0v) is 15.9. The SMILES string of the molecule is Cc1cccc(Nc2nc(Nc3cc(C)ccc3C)c3cnn(C)c3n2)c1. The number of nitrogens with one attached hydrogen (secondary N) is 2. The molecule has 4 aromatic rings. The molecule has 0 amide bonds. The third kappa shape index (κ3) is 3.46. The Kier molecular flexibility index (Phi) is 4.24. The van der Waals surface area contributed by atoms with Gasteiger partial charge in [0, 0.05) is 18.4 Å². The monoisotopic (exact) mass is 358 g/mol. The molecule has 2 heterocycles. The molecule has 6 nitrogen and oxygen atoms in total. The second-order valence-corrected chi connectivity index (χ2v) is 6.84. The van der Waals surface area contributed by atoms with E-state index in [9.17, 15) is 0 Å². The summed E-state index contributed by atoms with van der Waals surface area (Å²) in [5.74, 6) is 1.27. The molecule has 27 heavy (non-hydrogen) atoms. The first-order valence-electron chi connectivity index (χ1n) is 8.87. The van der Waals surface area contributed by atoms with Crippen molar-refractivity contribution < 1.29 is 0 Å². The molecule has 0 fully saturated rings. The maximum atomic E-state index is 4.72. The lowest BCUT2D eigenvalue weighted by Gasteiger charge is -2.13. The minimum absolute atomic E-state index is 0.532. The third-order valence-corrected chi connectivity index (χ3v) is 4.51. The Bertz CT molecular complexity index is 1130. The molecule has 136 valence electrons. The molecule has 2 aromatic heterocycles. The van der Waals surface area contributed by atoms with Gasteiger partial charge in [-0.25, -0.2) is 0 Å². The Hall–Kier alpha value is -3.41. The molecule has 0 spiro atoms. The van der Waals surface area contributed by atoms with Crippen molar-refractivity contribution in [1.29, 1.82) is 0 Å². The summed E-state index contributed by atoms with van der Waals surface area (Å²) >= 11 is 0. The van der Waals surface area contributed by atoms with Gasteiger partial charge < -0.3 is 10.6 Å². The van der Waals surface area contributed by atoms with Crippen molar-refractivity contribution in [3.8, 4) is 0 Å². The second kappa shape index (κ2) is 6.72. The highest BCUT2D eigenvalue weighted by atomic mass is 15.3. The van der Waals surface area contributed by atoms with E-state index in [-0.39, 0.29) is 0 Å². The normalized spacial score (nSPS) is 11.0. The summed E-state index contributed by atoms with van der Waals surface area (Å²) in [6.45, 7) is 6.22. The zero-order valence-electron chi connectivity index (χ0n) is 15.9. The van der Waals surface area contributed by atoms with Gasteiger partial charge in [-0.05, 0) is 55.7 Å². The van der Waals surface area contributed by atoms with Crippen LogP contribution >= 0.6 is 0 Å². The maximum Gasteiger partial charge on any atom is 0.231 e. The van der Waals surface area contributed by atoms with Crippen LogP contribution in [0.1, 0.15) is 16.7 Å². The minimum atomic E-state index is 0.532. The molecule has 0 radical (unpaired) electrons. The predicted octanol–water partition coefficient (Wildman–Crippen LogP) is 4.78. The van der Waals surface area contributed by atoms with E-state index in [0.29, 0.717) is 5.95 Å². The van der Waals surface area contributed by atoms with Crippen LogP contribution in [0.3, 0.4) is 0 Å². The molecule has 2 N–H and O–H groups in total. The average Bonchev–Trinajstić information content (AvgIpc) is 3.00. The first-order valence-corrected chi connectivity index (χ1v) is 8.87. The highest BCUT2D eigenvalue weighted by Crippen LogP contribution is 2.28. The molecule has 0 bridgehead atoms. The summed E-state index contributed by atoms with van der Waals surface area (Å²) in [5.41, 5.74) is 6.28. The predicted molar refractivity (Wildman–Crippen MR) is 110 cm³/mol. The number of anilines is 4. The topological polar surface area (TPSA) is 67.7 Å². The van der Waals surface area contributed by atoms with E-state index in [4.69, 9.17) is 4.98 Å². The standard InChI is InChI=1S/C21H22N6/c1-13-6-5-7-16(10-13)23-21-25-19(17-12-22-27(4)20(17)26-21)24-18-11-14(2)8-9-15(18)3/h5-12H,1-4H3,(H2,23,24,25,26). The van der Waals surface area contributed by atoms with Crippen molar-refractivity contribution in [3.05, 3.63) is 65.4 Å². The lowest BCUT2D eigenvalue weighted by atomic mass is 10.1. The summed E-state index contributed by atoms with van der Waals surface area (Å²) < 4.78 is 1.76. The van der Waals surface area contributed by atoms with Crippen molar-refractivity contribution in [2.24, 2.45) is 7.05 Å². The van der Waals surface area contributed by atoms with Gasteiger partial charge in [0.1, 0.15) is 5.82 Å². The number of fused-ring (bicyclic) bond motifs is 1. The van der Waals surface area contributed by atoms with Crippen LogP contribution < -0.4 is 10.6 Å². The zero-order chi connectivity index (χ0) is 19.0. The fraction of sp³-hybridized carbons (Fsp3) is 0.190. The third-order valence-electron chi connectivity index (χ3n) is 4.51. The summed E-state index contributed by atoms with van der Waals surface area (Å²) in [7, 11) is 1.88. The smallest absolute Gasteiger partial charge is 0.231 e. The van der Waals surface area contributed by atoms with Gasteiger partial charge in [-0.3, -0.25) is 4.68 Å². The van der Waals surface area contributed by atoms with Gasteiger partial charge in [-0.15, -0.1) is 0 Å². The number of nitrogens with zero attached hydrogens (tertiary/aromatic N) is 4. The Morgan fingerprint density at radius 1 is 0.889 bits per heavy atom. The Morgan fingerprint density at radius 2 is 1.70 bits per heavy atom. The molecule has 0 atom stereocenters. The molecule has 2 aromatic carbocycles. The highest BCUT2D eigenvalue weighted by Gasteiger charge is 2.13. The first kappa shape index (κ1) is 17.0. The highest BCUT2D eigenvalue weighted by molar-refractivity contribution is 5.90. The molecular weight excluding hydrogens is 336 g/mol. The van der Waals surface area contributed by atoms with Gasteiger partial charge >= 0.3 is 0 Å². The Labute approximate surface area is 158 Å². The fourth-order valence-electron chi connectivity index (χ4n) is 3.02. The first-order chi connectivity index (χ1) is 13.0. The number of aryl methyl sites for hydroxylation is 4. The number of rotatable bonds is 4. The van der Waals surface area contributed by atoms with Crippen molar-refractivity contribution in [2.75, 3.05) is 10.6 Å².